The average Bonchev–Trinajstić information content (AvgIpc) is 2.64. The molecule has 0 bridgehead atoms. The van der Waals surface area contributed by atoms with E-state index < -0.39 is 0 Å². The van der Waals surface area contributed by atoms with E-state index in [1.54, 1.807) is 0 Å². The normalized spacial score (nSPS) is 13.8. The Bertz CT molecular complexity index is 262. The Morgan fingerprint density at radius 2 is 1.50 bits per heavy atom. The highest BCUT2D eigenvalue weighted by atomic mass is 15.2. The maximum Gasteiger partial charge on any atom is 0.0988 e. The molecule has 2 N–H and O–H groups in total. The van der Waals surface area contributed by atoms with Crippen molar-refractivity contribution in [3.8, 4) is 0 Å². The zero-order chi connectivity index (χ0) is 10.6. The summed E-state index contributed by atoms with van der Waals surface area (Å²) in [6.45, 7) is 8.41. The van der Waals surface area contributed by atoms with E-state index in [-0.39, 0.29) is 1.43 Å². The molecule has 1 aliphatic heterocycles. The van der Waals surface area contributed by atoms with Gasteiger partial charge in [0.1, 0.15) is 0 Å². The first-order valence-corrected chi connectivity index (χ1v) is 5.39. The Balaban J connectivity index is 0.000000617. The minimum absolute atomic E-state index is 0. The largest absolute Gasteiger partial charge is 0.363 e. The lowest BCUT2D eigenvalue weighted by Gasteiger charge is -2.15. The molecule has 0 aromatic heterocycles. The summed E-state index contributed by atoms with van der Waals surface area (Å²) >= 11 is 0. The second-order valence-corrected chi connectivity index (χ2v) is 3.56. The molecule has 0 unspecified atom stereocenters. The van der Waals surface area contributed by atoms with Crippen molar-refractivity contribution in [1.29, 1.82) is 0 Å². The second-order valence-electron chi connectivity index (χ2n) is 3.56. The number of benzene rings is 1. The number of fused-ring (bicyclic) bond motifs is 1. The highest BCUT2D eigenvalue weighted by Crippen LogP contribution is 2.30. The summed E-state index contributed by atoms with van der Waals surface area (Å²) in [5, 5.41) is 6.85. The Labute approximate surface area is 88.2 Å². The molecule has 14 heavy (non-hydrogen) atoms. The van der Waals surface area contributed by atoms with Gasteiger partial charge in [0.05, 0.1) is 17.5 Å². The van der Waals surface area contributed by atoms with Gasteiger partial charge in [-0.1, -0.05) is 39.8 Å². The van der Waals surface area contributed by atoms with E-state index >= 15 is 0 Å². The third-order valence-corrected chi connectivity index (χ3v) is 2.22. The van der Waals surface area contributed by atoms with Gasteiger partial charge in [0, 0.05) is 1.43 Å². The first-order valence-electron chi connectivity index (χ1n) is 5.39. The lowest BCUT2D eigenvalue weighted by molar-refractivity contribution is 0.581. The summed E-state index contributed by atoms with van der Waals surface area (Å²) in [5.74, 6) is 0.609. The van der Waals surface area contributed by atoms with Crippen molar-refractivity contribution in [1.82, 2.24) is 0 Å². The zero-order valence-corrected chi connectivity index (χ0v) is 9.46. The molecular weight excluding hydrogens is 172 g/mol. The SMILES string of the molecule is CC.CC(C)C1Nc2ccccc2N1.[HH]. The van der Waals surface area contributed by atoms with Gasteiger partial charge in [-0.2, -0.15) is 0 Å². The van der Waals surface area contributed by atoms with Gasteiger partial charge in [-0.05, 0) is 18.1 Å². The Morgan fingerprint density at radius 3 is 1.86 bits per heavy atom. The van der Waals surface area contributed by atoms with Crippen LogP contribution in [0.25, 0.3) is 0 Å². The van der Waals surface area contributed by atoms with Gasteiger partial charge in [0.25, 0.3) is 0 Å². The molecule has 0 saturated carbocycles. The van der Waals surface area contributed by atoms with Crippen LogP contribution in [0.1, 0.15) is 29.1 Å². The van der Waals surface area contributed by atoms with E-state index in [9.17, 15) is 0 Å². The van der Waals surface area contributed by atoms with Gasteiger partial charge in [0.2, 0.25) is 0 Å². The molecule has 0 radical (unpaired) electrons. The van der Waals surface area contributed by atoms with E-state index in [2.05, 4.69) is 48.7 Å². The zero-order valence-electron chi connectivity index (χ0n) is 9.46. The maximum atomic E-state index is 3.42. The second kappa shape index (κ2) is 4.89. The number of anilines is 2. The van der Waals surface area contributed by atoms with Crippen LogP contribution in [0.5, 0.6) is 0 Å². The molecule has 0 aliphatic carbocycles. The van der Waals surface area contributed by atoms with Crippen molar-refractivity contribution in [3.05, 3.63) is 24.3 Å². The van der Waals surface area contributed by atoms with Gasteiger partial charge in [-0.15, -0.1) is 0 Å². The fourth-order valence-corrected chi connectivity index (χ4v) is 1.44. The fraction of sp³-hybridized carbons (Fsp3) is 0.500. The molecule has 80 valence electrons. The molecule has 2 nitrogen and oxygen atoms in total. The van der Waals surface area contributed by atoms with Crippen LogP contribution in [0, 0.1) is 5.92 Å². The minimum atomic E-state index is 0. The number of hydrogen-bond donors (Lipinski definition) is 2. The van der Waals surface area contributed by atoms with Crippen molar-refractivity contribution >= 4 is 11.4 Å². The fourth-order valence-electron chi connectivity index (χ4n) is 1.44. The molecule has 0 fully saturated rings. The number of rotatable bonds is 1. The van der Waals surface area contributed by atoms with Crippen LogP contribution in [0.15, 0.2) is 24.3 Å². The first-order chi connectivity index (χ1) is 6.77. The van der Waals surface area contributed by atoms with Crippen LogP contribution in [-0.2, 0) is 0 Å². The van der Waals surface area contributed by atoms with Gasteiger partial charge in [-0.25, -0.2) is 0 Å². The Kier molecular flexibility index (Phi) is 3.81. The monoisotopic (exact) mass is 194 g/mol. The highest BCUT2D eigenvalue weighted by molar-refractivity contribution is 5.74. The molecule has 1 aromatic carbocycles. The summed E-state index contributed by atoms with van der Waals surface area (Å²) in [6.07, 6.45) is 0.391. The van der Waals surface area contributed by atoms with Gasteiger partial charge in [-0.3, -0.25) is 0 Å². The van der Waals surface area contributed by atoms with Crippen LogP contribution < -0.4 is 10.6 Å². The van der Waals surface area contributed by atoms with Crippen molar-refractivity contribution in [2.45, 2.75) is 33.9 Å². The maximum absolute atomic E-state index is 3.42. The van der Waals surface area contributed by atoms with Crippen molar-refractivity contribution in [2.75, 3.05) is 10.6 Å². The molecule has 1 aliphatic rings. The average molecular weight is 194 g/mol. The minimum Gasteiger partial charge on any atom is -0.363 e. The predicted octanol–water partition coefficient (Wildman–Crippen LogP) is 3.78. The van der Waals surface area contributed by atoms with Crippen molar-refractivity contribution < 1.29 is 1.43 Å². The molecule has 0 spiro atoms. The lowest BCUT2D eigenvalue weighted by Crippen LogP contribution is -2.27. The molecule has 0 amide bonds. The highest BCUT2D eigenvalue weighted by Gasteiger charge is 2.20. The van der Waals surface area contributed by atoms with Crippen LogP contribution >= 0.6 is 0 Å². The van der Waals surface area contributed by atoms with Crippen LogP contribution in [0.4, 0.5) is 11.4 Å². The number of hydrogen-bond acceptors (Lipinski definition) is 2. The van der Waals surface area contributed by atoms with E-state index in [0.717, 1.165) is 0 Å². The van der Waals surface area contributed by atoms with E-state index in [0.29, 0.717) is 12.1 Å². The number of para-hydroxylation sites is 2. The van der Waals surface area contributed by atoms with E-state index in [1.807, 2.05) is 13.8 Å². The summed E-state index contributed by atoms with van der Waals surface area (Å²) in [7, 11) is 0. The van der Waals surface area contributed by atoms with Gasteiger partial charge < -0.3 is 10.6 Å². The summed E-state index contributed by atoms with van der Waals surface area (Å²) < 4.78 is 0. The summed E-state index contributed by atoms with van der Waals surface area (Å²) in [5.41, 5.74) is 2.44. The van der Waals surface area contributed by atoms with Crippen molar-refractivity contribution in [2.24, 2.45) is 5.92 Å². The van der Waals surface area contributed by atoms with Crippen LogP contribution in [0.3, 0.4) is 0 Å². The topological polar surface area (TPSA) is 24.1 Å². The summed E-state index contributed by atoms with van der Waals surface area (Å²) in [6, 6.07) is 8.31. The molecule has 1 aromatic rings. The van der Waals surface area contributed by atoms with Gasteiger partial charge >= 0.3 is 0 Å². The Hall–Kier alpha value is -1.18. The third-order valence-electron chi connectivity index (χ3n) is 2.22. The van der Waals surface area contributed by atoms with E-state index in [1.165, 1.54) is 11.4 Å². The Morgan fingerprint density at radius 1 is 1.07 bits per heavy atom. The lowest BCUT2D eigenvalue weighted by atomic mass is 10.2. The quantitative estimate of drug-likeness (QED) is 0.711. The molecule has 2 rings (SSSR count). The predicted molar refractivity (Wildman–Crippen MR) is 65.8 cm³/mol. The molecule has 0 saturated heterocycles. The van der Waals surface area contributed by atoms with E-state index in [4.69, 9.17) is 0 Å². The molecular formula is C12H22N2. The standard InChI is InChI=1S/C10H14N2.C2H6.H2/c1-7(2)10-11-8-5-3-4-6-9(8)12-10;1-2;/h3-7,10-12H,1-2H3;1-2H3;1H. The summed E-state index contributed by atoms with van der Waals surface area (Å²) in [4.78, 5) is 0. The molecule has 0 atom stereocenters. The first kappa shape index (κ1) is 10.9. The molecule has 1 heterocycles. The molecule has 2 heteroatoms. The third kappa shape index (κ3) is 2.19. The van der Waals surface area contributed by atoms with Crippen LogP contribution in [-0.4, -0.2) is 6.17 Å². The van der Waals surface area contributed by atoms with Gasteiger partial charge in [0.15, 0.2) is 0 Å². The van der Waals surface area contributed by atoms with Crippen molar-refractivity contribution in [3.63, 3.8) is 0 Å². The van der Waals surface area contributed by atoms with Crippen LogP contribution in [0.2, 0.25) is 0 Å². The number of nitrogens with one attached hydrogen (secondary N) is 2. The smallest absolute Gasteiger partial charge is 0.0988 e.